The van der Waals surface area contributed by atoms with Crippen molar-refractivity contribution in [2.45, 2.75) is 39.8 Å². The molecule has 7 heteroatoms. The summed E-state index contributed by atoms with van der Waals surface area (Å²) in [5.74, 6) is 0.618. The zero-order valence-electron chi connectivity index (χ0n) is 19.6. The monoisotopic (exact) mass is 464 g/mol. The quantitative estimate of drug-likeness (QED) is 0.541. The molecule has 0 bridgehead atoms. The van der Waals surface area contributed by atoms with Crippen molar-refractivity contribution in [3.63, 3.8) is 0 Å². The topological polar surface area (TPSA) is 71.8 Å². The highest BCUT2D eigenvalue weighted by Gasteiger charge is 2.33. The van der Waals surface area contributed by atoms with Gasteiger partial charge in [-0.3, -0.25) is 9.59 Å². The van der Waals surface area contributed by atoms with Gasteiger partial charge < -0.3 is 19.4 Å². The molecule has 1 aromatic heterocycles. The number of ether oxygens (including phenoxy) is 1. The van der Waals surface area contributed by atoms with Crippen LogP contribution < -0.4 is 10.1 Å². The first-order valence-electron chi connectivity index (χ1n) is 11.6. The zero-order chi connectivity index (χ0) is 24.2. The van der Waals surface area contributed by atoms with E-state index in [1.807, 2.05) is 49.9 Å². The molecule has 0 aliphatic carbocycles. The molecule has 1 atom stereocenters. The third-order valence-corrected chi connectivity index (χ3v) is 5.89. The summed E-state index contributed by atoms with van der Waals surface area (Å²) in [5.41, 5.74) is 2.75. The van der Waals surface area contributed by atoms with E-state index in [2.05, 4.69) is 5.32 Å². The van der Waals surface area contributed by atoms with E-state index < -0.39 is 6.04 Å². The third-order valence-electron chi connectivity index (χ3n) is 5.89. The molecule has 4 rings (SSSR count). The second kappa shape index (κ2) is 10.1. The molecule has 0 saturated carbocycles. The Hall–Kier alpha value is -3.61. The minimum absolute atomic E-state index is 0.0275. The Bertz CT molecular complexity index is 1190. The summed E-state index contributed by atoms with van der Waals surface area (Å²) in [4.78, 5) is 26.8. The molecule has 0 fully saturated rings. The van der Waals surface area contributed by atoms with Gasteiger partial charge in [0, 0.05) is 19.0 Å². The number of amides is 2. The molecular formula is C27H29FN2O4. The molecule has 1 N–H and O–H groups in total. The van der Waals surface area contributed by atoms with E-state index in [1.54, 1.807) is 18.2 Å². The van der Waals surface area contributed by atoms with Crippen LogP contribution in [0.4, 0.5) is 4.39 Å². The van der Waals surface area contributed by atoms with E-state index in [1.165, 1.54) is 12.1 Å². The third kappa shape index (κ3) is 4.98. The first kappa shape index (κ1) is 23.5. The fraction of sp³-hybridized carbons (Fsp3) is 0.333. The van der Waals surface area contributed by atoms with E-state index >= 15 is 0 Å². The average Bonchev–Trinajstić information content (AvgIpc) is 3.31. The summed E-state index contributed by atoms with van der Waals surface area (Å²) in [7, 11) is 0. The molecule has 6 nitrogen and oxygen atoms in total. The number of benzene rings is 2. The molecule has 3 aromatic rings. The minimum Gasteiger partial charge on any atom is -0.486 e. The fourth-order valence-corrected chi connectivity index (χ4v) is 4.27. The molecule has 0 spiro atoms. The van der Waals surface area contributed by atoms with Crippen molar-refractivity contribution in [3.8, 4) is 5.75 Å². The van der Waals surface area contributed by atoms with Gasteiger partial charge in [-0.05, 0) is 66.4 Å². The van der Waals surface area contributed by atoms with E-state index in [0.717, 1.165) is 16.7 Å². The van der Waals surface area contributed by atoms with E-state index in [4.69, 9.17) is 9.15 Å². The van der Waals surface area contributed by atoms with Crippen LogP contribution in [0, 0.1) is 11.7 Å². The highest BCUT2D eigenvalue weighted by molar-refractivity contribution is 5.91. The van der Waals surface area contributed by atoms with Gasteiger partial charge in [-0.25, -0.2) is 4.39 Å². The normalized spacial score (nSPS) is 15.2. The van der Waals surface area contributed by atoms with Crippen molar-refractivity contribution in [2.75, 3.05) is 13.1 Å². The number of hydrogen-bond donors (Lipinski definition) is 1. The first-order valence-corrected chi connectivity index (χ1v) is 11.6. The number of fused-ring (bicyclic) bond motifs is 1. The first-order chi connectivity index (χ1) is 16.4. The Morgan fingerprint density at radius 3 is 2.74 bits per heavy atom. The van der Waals surface area contributed by atoms with Crippen molar-refractivity contribution < 1.29 is 23.1 Å². The summed E-state index contributed by atoms with van der Waals surface area (Å²) < 4.78 is 25.7. The van der Waals surface area contributed by atoms with Gasteiger partial charge in [0.1, 0.15) is 23.9 Å². The van der Waals surface area contributed by atoms with Crippen LogP contribution in [0.15, 0.2) is 59.0 Å². The van der Waals surface area contributed by atoms with E-state index in [0.29, 0.717) is 31.0 Å². The van der Waals surface area contributed by atoms with Crippen LogP contribution in [-0.2, 0) is 17.8 Å². The number of halogens is 1. The molecule has 2 amide bonds. The molecule has 178 valence electrons. The standard InChI is InChI=1S/C27H29FN2O4/c1-4-29-26(31)24-11-10-22(34-24)16-33-21-9-8-18-12-13-30(27(32)17(2)3)25(23(18)15-21)19-6-5-7-20(28)14-19/h5-11,14-15,17,25H,4,12-13,16H2,1-3H3,(H,29,31)/t25-/m0/s1. The zero-order valence-corrected chi connectivity index (χ0v) is 19.6. The molecule has 1 aliphatic rings. The Morgan fingerprint density at radius 2 is 2.00 bits per heavy atom. The Balaban J connectivity index is 1.61. The van der Waals surface area contributed by atoms with Gasteiger partial charge >= 0.3 is 0 Å². The minimum atomic E-state index is -0.397. The van der Waals surface area contributed by atoms with Crippen molar-refractivity contribution in [1.29, 1.82) is 0 Å². The maximum absolute atomic E-state index is 14.1. The van der Waals surface area contributed by atoms with Crippen molar-refractivity contribution in [3.05, 3.63) is 88.6 Å². The van der Waals surface area contributed by atoms with Gasteiger partial charge in [-0.2, -0.15) is 0 Å². The van der Waals surface area contributed by atoms with E-state index in [9.17, 15) is 14.0 Å². The molecular weight excluding hydrogens is 435 g/mol. The second-order valence-corrected chi connectivity index (χ2v) is 8.67. The Morgan fingerprint density at radius 1 is 1.18 bits per heavy atom. The van der Waals surface area contributed by atoms with Gasteiger partial charge in [-0.15, -0.1) is 0 Å². The number of furan rings is 1. The fourth-order valence-electron chi connectivity index (χ4n) is 4.27. The molecule has 0 unspecified atom stereocenters. The summed E-state index contributed by atoms with van der Waals surface area (Å²) >= 11 is 0. The number of nitrogens with one attached hydrogen (secondary N) is 1. The SMILES string of the molecule is CCNC(=O)c1ccc(COc2ccc3c(c2)[C@H](c2cccc(F)c2)N(C(=O)C(C)C)CC3)o1. The van der Waals surface area contributed by atoms with Crippen molar-refractivity contribution in [2.24, 2.45) is 5.92 Å². The van der Waals surface area contributed by atoms with Gasteiger partial charge in [0.2, 0.25) is 5.91 Å². The summed E-state index contributed by atoms with van der Waals surface area (Å²) in [5, 5.41) is 2.70. The molecule has 1 aliphatic heterocycles. The Kier molecular flexibility index (Phi) is 7.01. The van der Waals surface area contributed by atoms with Crippen LogP contribution in [-0.4, -0.2) is 29.8 Å². The van der Waals surface area contributed by atoms with Gasteiger partial charge in [0.05, 0.1) is 6.04 Å². The molecule has 0 radical (unpaired) electrons. The Labute approximate surface area is 198 Å². The molecule has 0 saturated heterocycles. The van der Waals surface area contributed by atoms with Crippen LogP contribution in [0.2, 0.25) is 0 Å². The van der Waals surface area contributed by atoms with Crippen molar-refractivity contribution >= 4 is 11.8 Å². The maximum atomic E-state index is 14.1. The van der Waals surface area contributed by atoms with Crippen LogP contribution in [0.5, 0.6) is 5.75 Å². The molecule has 34 heavy (non-hydrogen) atoms. The van der Waals surface area contributed by atoms with Crippen LogP contribution in [0.25, 0.3) is 0 Å². The maximum Gasteiger partial charge on any atom is 0.286 e. The molecule has 2 heterocycles. The van der Waals surface area contributed by atoms with Gasteiger partial charge in [0.25, 0.3) is 5.91 Å². The van der Waals surface area contributed by atoms with Gasteiger partial charge in [-0.1, -0.05) is 32.0 Å². The lowest BCUT2D eigenvalue weighted by molar-refractivity contribution is -0.136. The predicted octanol–water partition coefficient (Wildman–Crippen LogP) is 4.88. The number of carbonyl (C=O) groups is 2. The number of rotatable bonds is 7. The summed E-state index contributed by atoms with van der Waals surface area (Å²) in [6, 6.07) is 15.1. The largest absolute Gasteiger partial charge is 0.486 e. The van der Waals surface area contributed by atoms with E-state index in [-0.39, 0.29) is 35.9 Å². The highest BCUT2D eigenvalue weighted by Crippen LogP contribution is 2.38. The second-order valence-electron chi connectivity index (χ2n) is 8.67. The van der Waals surface area contributed by atoms with Crippen LogP contribution in [0.1, 0.15) is 59.8 Å². The summed E-state index contributed by atoms with van der Waals surface area (Å²) in [6.07, 6.45) is 0.716. The van der Waals surface area contributed by atoms with Crippen LogP contribution in [0.3, 0.4) is 0 Å². The molecule has 2 aromatic carbocycles. The van der Waals surface area contributed by atoms with Gasteiger partial charge in [0.15, 0.2) is 5.76 Å². The lowest BCUT2D eigenvalue weighted by Crippen LogP contribution is -2.42. The predicted molar refractivity (Wildman–Crippen MR) is 126 cm³/mol. The highest BCUT2D eigenvalue weighted by atomic mass is 19.1. The lowest BCUT2D eigenvalue weighted by Gasteiger charge is -2.39. The van der Waals surface area contributed by atoms with Crippen LogP contribution >= 0.6 is 0 Å². The van der Waals surface area contributed by atoms with Crippen molar-refractivity contribution in [1.82, 2.24) is 10.2 Å². The number of carbonyl (C=O) groups excluding carboxylic acids is 2. The summed E-state index contributed by atoms with van der Waals surface area (Å²) in [6.45, 7) is 6.83. The average molecular weight is 465 g/mol. The number of hydrogen-bond acceptors (Lipinski definition) is 4. The smallest absolute Gasteiger partial charge is 0.286 e. The number of nitrogens with zero attached hydrogens (tertiary/aromatic N) is 1. The lowest BCUT2D eigenvalue weighted by atomic mass is 9.87.